The van der Waals surface area contributed by atoms with E-state index in [4.69, 9.17) is 16.3 Å². The van der Waals surface area contributed by atoms with Crippen LogP contribution in [0.4, 0.5) is 0 Å². The highest BCUT2D eigenvalue weighted by Crippen LogP contribution is 2.26. The summed E-state index contributed by atoms with van der Waals surface area (Å²) >= 11 is 6.20. The van der Waals surface area contributed by atoms with Gasteiger partial charge in [0, 0.05) is 18.6 Å². The second-order valence-corrected chi connectivity index (χ2v) is 7.40. The maximum Gasteiger partial charge on any atom is 0.261 e. The van der Waals surface area contributed by atoms with Crippen LogP contribution in [0.25, 0.3) is 0 Å². The first-order chi connectivity index (χ1) is 13.9. The predicted octanol–water partition coefficient (Wildman–Crippen LogP) is 3.93. The van der Waals surface area contributed by atoms with Crippen molar-refractivity contribution >= 4 is 23.4 Å². The molecule has 0 spiro atoms. The van der Waals surface area contributed by atoms with E-state index in [0.29, 0.717) is 30.2 Å². The number of hydrogen-bond donors (Lipinski definition) is 1. The summed E-state index contributed by atoms with van der Waals surface area (Å²) in [6.45, 7) is 6.00. The molecule has 2 aromatic carbocycles. The van der Waals surface area contributed by atoms with Crippen LogP contribution in [-0.2, 0) is 16.0 Å². The van der Waals surface area contributed by atoms with Crippen molar-refractivity contribution in [3.8, 4) is 5.75 Å². The van der Waals surface area contributed by atoms with Crippen LogP contribution in [0.1, 0.15) is 30.0 Å². The molecule has 0 saturated carbocycles. The summed E-state index contributed by atoms with van der Waals surface area (Å²) in [6.07, 6.45) is 1.19. The summed E-state index contributed by atoms with van der Waals surface area (Å²) in [4.78, 5) is 26.9. The van der Waals surface area contributed by atoms with E-state index in [1.807, 2.05) is 63.2 Å². The van der Waals surface area contributed by atoms with Crippen molar-refractivity contribution in [2.75, 3.05) is 20.2 Å². The van der Waals surface area contributed by atoms with Crippen molar-refractivity contribution in [3.05, 3.63) is 64.2 Å². The summed E-state index contributed by atoms with van der Waals surface area (Å²) < 4.78 is 5.74. The van der Waals surface area contributed by atoms with Crippen LogP contribution >= 0.6 is 11.6 Å². The maximum absolute atomic E-state index is 13.0. The number of rotatable bonds is 9. The summed E-state index contributed by atoms with van der Waals surface area (Å²) in [7, 11) is 1.58. The minimum Gasteiger partial charge on any atom is -0.484 e. The SMILES string of the molecule is CCC(C(=O)NC)N(CCc1ccccc1)C(=O)COc1cc(C)c(Cl)c(C)c1. The highest BCUT2D eigenvalue weighted by Gasteiger charge is 2.27. The lowest BCUT2D eigenvalue weighted by Crippen LogP contribution is -2.50. The Labute approximate surface area is 178 Å². The van der Waals surface area contributed by atoms with Crippen LogP contribution < -0.4 is 10.1 Å². The molecule has 156 valence electrons. The van der Waals surface area contributed by atoms with Gasteiger partial charge in [-0.1, -0.05) is 48.9 Å². The third kappa shape index (κ3) is 6.23. The van der Waals surface area contributed by atoms with E-state index in [0.717, 1.165) is 16.7 Å². The van der Waals surface area contributed by atoms with Gasteiger partial charge in [-0.25, -0.2) is 0 Å². The molecule has 0 heterocycles. The lowest BCUT2D eigenvalue weighted by molar-refractivity contribution is -0.142. The molecule has 6 heteroatoms. The van der Waals surface area contributed by atoms with Gasteiger partial charge >= 0.3 is 0 Å². The molecule has 29 heavy (non-hydrogen) atoms. The molecular weight excluding hydrogens is 388 g/mol. The second kappa shape index (κ2) is 10.9. The van der Waals surface area contributed by atoms with Crippen molar-refractivity contribution in [3.63, 3.8) is 0 Å². The molecule has 0 aliphatic heterocycles. The van der Waals surface area contributed by atoms with Crippen molar-refractivity contribution in [2.24, 2.45) is 0 Å². The van der Waals surface area contributed by atoms with Gasteiger partial charge in [-0.05, 0) is 55.5 Å². The molecule has 1 unspecified atom stereocenters. The largest absolute Gasteiger partial charge is 0.484 e. The van der Waals surface area contributed by atoms with Gasteiger partial charge in [-0.15, -0.1) is 0 Å². The van der Waals surface area contributed by atoms with Crippen molar-refractivity contribution in [1.29, 1.82) is 0 Å². The number of carbonyl (C=O) groups is 2. The van der Waals surface area contributed by atoms with Crippen LogP contribution in [0, 0.1) is 13.8 Å². The van der Waals surface area contributed by atoms with Gasteiger partial charge in [0.15, 0.2) is 6.61 Å². The Morgan fingerprint density at radius 2 is 1.76 bits per heavy atom. The van der Waals surface area contributed by atoms with Crippen molar-refractivity contribution in [1.82, 2.24) is 10.2 Å². The number of hydrogen-bond acceptors (Lipinski definition) is 3. The third-order valence-electron chi connectivity index (χ3n) is 4.89. The zero-order valence-electron chi connectivity index (χ0n) is 17.5. The molecule has 0 aliphatic carbocycles. The number of amides is 2. The molecule has 1 N–H and O–H groups in total. The highest BCUT2D eigenvalue weighted by molar-refractivity contribution is 6.32. The smallest absolute Gasteiger partial charge is 0.261 e. The molecule has 2 amide bonds. The minimum atomic E-state index is -0.534. The molecule has 0 bridgehead atoms. The van der Waals surface area contributed by atoms with Crippen molar-refractivity contribution in [2.45, 2.75) is 39.7 Å². The van der Waals surface area contributed by atoms with Gasteiger partial charge < -0.3 is 15.0 Å². The summed E-state index contributed by atoms with van der Waals surface area (Å²) in [5, 5.41) is 3.35. The molecule has 0 saturated heterocycles. The first kappa shape index (κ1) is 22.8. The predicted molar refractivity (Wildman–Crippen MR) is 116 cm³/mol. The average molecular weight is 417 g/mol. The molecule has 0 aromatic heterocycles. The Morgan fingerprint density at radius 1 is 1.14 bits per heavy atom. The van der Waals surface area contributed by atoms with Crippen molar-refractivity contribution < 1.29 is 14.3 Å². The number of benzene rings is 2. The van der Waals surface area contributed by atoms with Gasteiger partial charge in [0.1, 0.15) is 11.8 Å². The van der Waals surface area contributed by atoms with Crippen LogP contribution in [0.2, 0.25) is 5.02 Å². The Morgan fingerprint density at radius 3 is 2.31 bits per heavy atom. The summed E-state index contributed by atoms with van der Waals surface area (Å²) in [5.41, 5.74) is 2.90. The first-order valence-electron chi connectivity index (χ1n) is 9.81. The monoisotopic (exact) mass is 416 g/mol. The molecule has 2 rings (SSSR count). The maximum atomic E-state index is 13.0. The second-order valence-electron chi connectivity index (χ2n) is 7.02. The number of nitrogens with zero attached hydrogens (tertiary/aromatic N) is 1. The molecular formula is C23H29ClN2O3. The standard InChI is InChI=1S/C23H29ClN2O3/c1-5-20(23(28)25-4)26(12-11-18-9-7-6-8-10-18)21(27)15-29-19-13-16(2)22(24)17(3)14-19/h6-10,13-14,20H,5,11-12,15H2,1-4H3,(H,25,28). The van der Waals surface area contributed by atoms with Crippen LogP contribution in [0.3, 0.4) is 0 Å². The lowest BCUT2D eigenvalue weighted by atomic mass is 10.1. The summed E-state index contributed by atoms with van der Waals surface area (Å²) in [5.74, 6) is 0.197. The number of ether oxygens (including phenoxy) is 1. The van der Waals surface area contributed by atoms with E-state index < -0.39 is 6.04 Å². The minimum absolute atomic E-state index is 0.136. The van der Waals surface area contributed by atoms with E-state index in [2.05, 4.69) is 5.32 Å². The van der Waals surface area contributed by atoms with E-state index in [1.165, 1.54) is 0 Å². The Hall–Kier alpha value is -2.53. The Kier molecular flexibility index (Phi) is 8.52. The highest BCUT2D eigenvalue weighted by atomic mass is 35.5. The number of nitrogens with one attached hydrogen (secondary N) is 1. The molecule has 0 fully saturated rings. The molecule has 5 nitrogen and oxygen atoms in total. The topological polar surface area (TPSA) is 58.6 Å². The van der Waals surface area contributed by atoms with E-state index in [-0.39, 0.29) is 18.4 Å². The van der Waals surface area contributed by atoms with Crippen LogP contribution in [0.5, 0.6) is 5.75 Å². The third-order valence-corrected chi connectivity index (χ3v) is 5.48. The van der Waals surface area contributed by atoms with Gasteiger partial charge in [0.25, 0.3) is 5.91 Å². The molecule has 2 aromatic rings. The van der Waals surface area contributed by atoms with Gasteiger partial charge in [-0.3, -0.25) is 9.59 Å². The van der Waals surface area contributed by atoms with E-state index >= 15 is 0 Å². The van der Waals surface area contributed by atoms with Crippen LogP contribution in [-0.4, -0.2) is 43.0 Å². The fraction of sp³-hybridized carbons (Fsp3) is 0.391. The van der Waals surface area contributed by atoms with Crippen LogP contribution in [0.15, 0.2) is 42.5 Å². The van der Waals surface area contributed by atoms with E-state index in [9.17, 15) is 9.59 Å². The van der Waals surface area contributed by atoms with Gasteiger partial charge in [0.2, 0.25) is 5.91 Å². The zero-order valence-corrected chi connectivity index (χ0v) is 18.3. The number of likely N-dealkylation sites (N-methyl/N-ethyl adjacent to an activating group) is 1. The average Bonchev–Trinajstić information content (AvgIpc) is 2.73. The number of aryl methyl sites for hydroxylation is 2. The fourth-order valence-corrected chi connectivity index (χ4v) is 3.39. The number of carbonyl (C=O) groups excluding carboxylic acids is 2. The quantitative estimate of drug-likeness (QED) is 0.673. The molecule has 0 radical (unpaired) electrons. The fourth-order valence-electron chi connectivity index (χ4n) is 3.28. The molecule has 1 atom stereocenters. The Bertz CT molecular complexity index is 816. The van der Waals surface area contributed by atoms with Gasteiger partial charge in [-0.2, -0.15) is 0 Å². The van der Waals surface area contributed by atoms with E-state index in [1.54, 1.807) is 11.9 Å². The normalized spacial score (nSPS) is 11.6. The molecule has 0 aliphatic rings. The Balaban J connectivity index is 2.13. The lowest BCUT2D eigenvalue weighted by Gasteiger charge is -2.30. The van der Waals surface area contributed by atoms with Gasteiger partial charge in [0.05, 0.1) is 0 Å². The zero-order chi connectivity index (χ0) is 21.4. The summed E-state index contributed by atoms with van der Waals surface area (Å²) in [6, 6.07) is 13.0. The number of halogens is 1. The first-order valence-corrected chi connectivity index (χ1v) is 10.2.